The van der Waals surface area contributed by atoms with Gasteiger partial charge >= 0.3 is 5.69 Å². The minimum atomic E-state index is -0.535. The number of hydrogen-bond acceptors (Lipinski definition) is 3. The van der Waals surface area contributed by atoms with Gasteiger partial charge in [-0.05, 0) is 24.3 Å². The number of rotatable bonds is 3. The third-order valence-electron chi connectivity index (χ3n) is 2.98. The molecule has 2 heterocycles. The van der Waals surface area contributed by atoms with Crippen molar-refractivity contribution in [2.24, 2.45) is 0 Å². The Bertz CT molecular complexity index is 869. The van der Waals surface area contributed by atoms with Crippen molar-refractivity contribution in [2.45, 2.75) is 6.54 Å². The minimum Gasteiger partial charge on any atom is -0.322 e. The Labute approximate surface area is 118 Å². The van der Waals surface area contributed by atoms with Crippen molar-refractivity contribution in [3.63, 3.8) is 0 Å². The molecule has 106 valence electrons. The summed E-state index contributed by atoms with van der Waals surface area (Å²) in [5.74, 6) is -1.06. The van der Waals surface area contributed by atoms with Crippen molar-refractivity contribution < 1.29 is 9.18 Å². The number of carbonyl (C=O) groups excluding carboxylic acids is 1. The first-order valence-corrected chi connectivity index (χ1v) is 6.23. The molecule has 7 heteroatoms. The van der Waals surface area contributed by atoms with Crippen LogP contribution in [-0.2, 0) is 11.3 Å². The van der Waals surface area contributed by atoms with Gasteiger partial charge in [-0.15, -0.1) is 0 Å². The fourth-order valence-electron chi connectivity index (χ4n) is 1.97. The second-order valence-corrected chi connectivity index (χ2v) is 4.42. The Kier molecular flexibility index (Phi) is 3.23. The third kappa shape index (κ3) is 2.53. The number of hydrogen-bond donors (Lipinski definition) is 1. The number of carbonyl (C=O) groups is 1. The fourth-order valence-corrected chi connectivity index (χ4v) is 1.97. The molecule has 6 nitrogen and oxygen atoms in total. The quantitative estimate of drug-likeness (QED) is 0.788. The van der Waals surface area contributed by atoms with Crippen LogP contribution in [0, 0.1) is 5.82 Å². The lowest BCUT2D eigenvalue weighted by molar-refractivity contribution is -0.117. The van der Waals surface area contributed by atoms with Crippen LogP contribution in [0.5, 0.6) is 0 Å². The number of anilines is 1. The molecule has 3 rings (SSSR count). The first-order chi connectivity index (χ1) is 10.1. The number of nitrogens with one attached hydrogen (secondary N) is 1. The summed E-state index contributed by atoms with van der Waals surface area (Å²) in [6, 6.07) is 9.26. The zero-order valence-corrected chi connectivity index (χ0v) is 10.9. The Balaban J connectivity index is 1.82. The van der Waals surface area contributed by atoms with Crippen molar-refractivity contribution in [1.29, 1.82) is 0 Å². The molecular formula is C14H11FN4O2. The van der Waals surface area contributed by atoms with E-state index in [1.54, 1.807) is 24.4 Å². The van der Waals surface area contributed by atoms with Gasteiger partial charge in [0.1, 0.15) is 12.4 Å². The second kappa shape index (κ2) is 5.20. The molecule has 0 radical (unpaired) electrons. The predicted molar refractivity (Wildman–Crippen MR) is 74.5 cm³/mol. The average molecular weight is 286 g/mol. The lowest BCUT2D eigenvalue weighted by Crippen LogP contribution is -2.33. The number of amides is 1. The van der Waals surface area contributed by atoms with E-state index in [2.05, 4.69) is 10.4 Å². The van der Waals surface area contributed by atoms with E-state index in [1.165, 1.54) is 28.8 Å². The number of nitrogens with zero attached hydrogens (tertiary/aromatic N) is 3. The molecule has 0 unspecified atom stereocenters. The van der Waals surface area contributed by atoms with Gasteiger partial charge in [0.2, 0.25) is 5.91 Å². The molecule has 3 aromatic rings. The Hall–Kier alpha value is -2.96. The largest absolute Gasteiger partial charge is 0.349 e. The lowest BCUT2D eigenvalue weighted by atomic mass is 10.3. The highest BCUT2D eigenvalue weighted by molar-refractivity contribution is 5.90. The Morgan fingerprint density at radius 3 is 2.86 bits per heavy atom. The van der Waals surface area contributed by atoms with Gasteiger partial charge in [0.25, 0.3) is 0 Å². The van der Waals surface area contributed by atoms with Gasteiger partial charge in [-0.2, -0.15) is 5.10 Å². The summed E-state index contributed by atoms with van der Waals surface area (Å²) >= 11 is 0. The van der Waals surface area contributed by atoms with Crippen LogP contribution in [0.25, 0.3) is 5.52 Å². The van der Waals surface area contributed by atoms with Crippen LogP contribution in [-0.4, -0.2) is 20.1 Å². The highest BCUT2D eigenvalue weighted by Gasteiger charge is 2.10. The zero-order chi connectivity index (χ0) is 14.8. The van der Waals surface area contributed by atoms with Crippen LogP contribution in [0.2, 0.25) is 0 Å². The van der Waals surface area contributed by atoms with E-state index in [9.17, 15) is 14.0 Å². The number of benzene rings is 1. The van der Waals surface area contributed by atoms with Crippen LogP contribution in [0.3, 0.4) is 0 Å². The van der Waals surface area contributed by atoms with Crippen molar-refractivity contribution in [1.82, 2.24) is 14.2 Å². The molecule has 1 aromatic carbocycles. The predicted octanol–water partition coefficient (Wildman–Crippen LogP) is 1.27. The molecule has 0 saturated heterocycles. The van der Waals surface area contributed by atoms with Crippen LogP contribution >= 0.6 is 0 Å². The van der Waals surface area contributed by atoms with Crippen LogP contribution in [0.4, 0.5) is 10.1 Å². The SMILES string of the molecule is O=C(Cn1ncc2cccn2c1=O)Nc1ccccc1F. The van der Waals surface area contributed by atoms with Crippen molar-refractivity contribution >= 4 is 17.1 Å². The number of fused-ring (bicyclic) bond motifs is 1. The van der Waals surface area contributed by atoms with Crippen LogP contribution in [0.1, 0.15) is 0 Å². The van der Waals surface area contributed by atoms with Gasteiger partial charge < -0.3 is 5.32 Å². The first kappa shape index (κ1) is 13.0. The first-order valence-electron chi connectivity index (χ1n) is 6.23. The summed E-state index contributed by atoms with van der Waals surface area (Å²) < 4.78 is 15.8. The molecule has 0 aliphatic carbocycles. The monoisotopic (exact) mass is 286 g/mol. The topological polar surface area (TPSA) is 68.4 Å². The second-order valence-electron chi connectivity index (χ2n) is 4.42. The molecule has 1 N–H and O–H groups in total. The molecule has 2 aromatic heterocycles. The molecule has 21 heavy (non-hydrogen) atoms. The number of para-hydroxylation sites is 1. The van der Waals surface area contributed by atoms with E-state index in [4.69, 9.17) is 0 Å². The summed E-state index contributed by atoms with van der Waals surface area (Å²) in [4.78, 5) is 23.9. The Morgan fingerprint density at radius 1 is 1.24 bits per heavy atom. The molecule has 0 fully saturated rings. The Morgan fingerprint density at radius 2 is 2.05 bits per heavy atom. The van der Waals surface area contributed by atoms with Crippen molar-refractivity contribution in [3.8, 4) is 0 Å². The highest BCUT2D eigenvalue weighted by atomic mass is 19.1. The van der Waals surface area contributed by atoms with Crippen LogP contribution in [0.15, 0.2) is 53.6 Å². The van der Waals surface area contributed by atoms with E-state index < -0.39 is 17.4 Å². The third-order valence-corrected chi connectivity index (χ3v) is 2.98. The molecular weight excluding hydrogens is 275 g/mol. The van der Waals surface area contributed by atoms with E-state index in [0.717, 1.165) is 4.68 Å². The van der Waals surface area contributed by atoms with Gasteiger partial charge in [0, 0.05) is 6.20 Å². The minimum absolute atomic E-state index is 0.0672. The molecule has 0 atom stereocenters. The summed E-state index contributed by atoms with van der Waals surface area (Å²) in [6.45, 7) is -0.290. The molecule has 0 saturated carbocycles. The van der Waals surface area contributed by atoms with Gasteiger partial charge in [0.15, 0.2) is 0 Å². The smallest absolute Gasteiger partial charge is 0.322 e. The van der Waals surface area contributed by atoms with Gasteiger partial charge in [-0.25, -0.2) is 13.9 Å². The highest BCUT2D eigenvalue weighted by Crippen LogP contribution is 2.12. The molecule has 0 aliphatic heterocycles. The van der Waals surface area contributed by atoms with Crippen molar-refractivity contribution in [3.05, 3.63) is 65.1 Å². The summed E-state index contributed by atoms with van der Waals surface area (Å²) in [5, 5.41) is 6.32. The summed E-state index contributed by atoms with van der Waals surface area (Å²) in [5.41, 5.74) is 0.282. The van der Waals surface area contributed by atoms with Gasteiger partial charge in [0.05, 0.1) is 17.4 Å². The maximum Gasteiger partial charge on any atom is 0.349 e. The molecule has 0 bridgehead atoms. The molecule has 1 amide bonds. The van der Waals surface area contributed by atoms with E-state index in [1.807, 2.05) is 0 Å². The molecule has 0 spiro atoms. The van der Waals surface area contributed by atoms with E-state index >= 15 is 0 Å². The standard InChI is InChI=1S/C14H11FN4O2/c15-11-5-1-2-6-12(11)17-13(20)9-19-14(21)18-7-3-4-10(18)8-16-19/h1-8H,9H2,(H,17,20). The average Bonchev–Trinajstić information content (AvgIpc) is 2.94. The zero-order valence-electron chi connectivity index (χ0n) is 10.9. The van der Waals surface area contributed by atoms with Crippen molar-refractivity contribution in [2.75, 3.05) is 5.32 Å². The van der Waals surface area contributed by atoms with Crippen LogP contribution < -0.4 is 11.0 Å². The number of aromatic nitrogens is 3. The maximum absolute atomic E-state index is 13.4. The maximum atomic E-state index is 13.4. The fraction of sp³-hybridized carbons (Fsp3) is 0.0714. The normalized spacial score (nSPS) is 10.7. The molecule has 0 aliphatic rings. The van der Waals surface area contributed by atoms with E-state index in [0.29, 0.717) is 5.52 Å². The summed E-state index contributed by atoms with van der Waals surface area (Å²) in [6.07, 6.45) is 3.07. The number of halogens is 1. The van der Waals surface area contributed by atoms with Gasteiger partial charge in [-0.1, -0.05) is 12.1 Å². The summed E-state index contributed by atoms with van der Waals surface area (Å²) in [7, 11) is 0. The van der Waals surface area contributed by atoms with Gasteiger partial charge in [-0.3, -0.25) is 9.20 Å². The van der Waals surface area contributed by atoms with E-state index in [-0.39, 0.29) is 12.2 Å². The lowest BCUT2D eigenvalue weighted by Gasteiger charge is -2.07.